The molecule has 0 amide bonds. The highest BCUT2D eigenvalue weighted by Crippen LogP contribution is 2.20. The number of anilines is 1. The maximum Gasteiger partial charge on any atom is 0.204 e. The molecule has 1 aromatic heterocycles. The Kier molecular flexibility index (Phi) is 6.80. The molecule has 0 aliphatic heterocycles. The molecule has 0 saturated heterocycles. The van der Waals surface area contributed by atoms with Gasteiger partial charge in [-0.05, 0) is 54.5 Å². The monoisotopic (exact) mass is 386 g/mol. The fourth-order valence-corrected chi connectivity index (χ4v) is 3.07. The zero-order chi connectivity index (χ0) is 20.6. The lowest BCUT2D eigenvalue weighted by molar-refractivity contribution is 0.104. The second-order valence-corrected chi connectivity index (χ2v) is 6.85. The van der Waals surface area contributed by atoms with Crippen molar-refractivity contribution in [2.45, 2.75) is 13.3 Å². The van der Waals surface area contributed by atoms with Gasteiger partial charge in [-0.2, -0.15) is 0 Å². The van der Waals surface area contributed by atoms with Crippen molar-refractivity contribution in [1.29, 1.82) is 0 Å². The van der Waals surface area contributed by atoms with Crippen molar-refractivity contribution < 1.29 is 9.53 Å². The summed E-state index contributed by atoms with van der Waals surface area (Å²) in [5, 5.41) is 0.942. The van der Waals surface area contributed by atoms with Crippen molar-refractivity contribution >= 4 is 28.4 Å². The minimum atomic E-state index is -0.121. The van der Waals surface area contributed by atoms with E-state index < -0.39 is 0 Å². The molecule has 2 aromatic carbocycles. The third-order valence-corrected chi connectivity index (χ3v) is 4.69. The second-order valence-electron chi connectivity index (χ2n) is 6.85. The predicted octanol–water partition coefficient (Wildman–Crippen LogP) is 5.54. The van der Waals surface area contributed by atoms with Crippen LogP contribution in [0.4, 0.5) is 5.69 Å². The molecule has 0 radical (unpaired) electrons. The zero-order valence-electron chi connectivity index (χ0n) is 17.1. The molecule has 0 bridgehead atoms. The first-order chi connectivity index (χ1) is 14.1. The molecule has 0 atom stereocenters. The largest absolute Gasteiger partial charge is 0.497 e. The molecule has 4 heteroatoms. The Hall–Kier alpha value is -3.40. The van der Waals surface area contributed by atoms with Gasteiger partial charge >= 0.3 is 0 Å². The maximum absolute atomic E-state index is 12.4. The Balaban J connectivity index is 1.63. The number of pyridine rings is 1. The van der Waals surface area contributed by atoms with Crippen LogP contribution in [0.1, 0.15) is 29.4 Å². The molecule has 0 fully saturated rings. The van der Waals surface area contributed by atoms with Crippen molar-refractivity contribution in [3.8, 4) is 5.75 Å². The number of hydrogen-bond acceptors (Lipinski definition) is 4. The summed E-state index contributed by atoms with van der Waals surface area (Å²) in [7, 11) is 3.73. The smallest absolute Gasteiger partial charge is 0.204 e. The summed E-state index contributed by atoms with van der Waals surface area (Å²) in [6.45, 7) is 3.21. The van der Waals surface area contributed by atoms with Crippen LogP contribution < -0.4 is 9.64 Å². The number of rotatable bonds is 8. The summed E-state index contributed by atoms with van der Waals surface area (Å²) >= 11 is 0. The molecule has 3 rings (SSSR count). The summed E-state index contributed by atoms with van der Waals surface area (Å²) in [5.74, 6) is 0.650. The van der Waals surface area contributed by atoms with Gasteiger partial charge in [-0.15, -0.1) is 0 Å². The molecule has 4 nitrogen and oxygen atoms in total. The van der Waals surface area contributed by atoms with E-state index in [1.165, 1.54) is 11.8 Å². The Bertz CT molecular complexity index is 1040. The van der Waals surface area contributed by atoms with Crippen LogP contribution in [0.2, 0.25) is 0 Å². The van der Waals surface area contributed by atoms with E-state index in [1.54, 1.807) is 19.3 Å². The van der Waals surface area contributed by atoms with E-state index >= 15 is 0 Å². The molecule has 0 aliphatic carbocycles. The lowest BCUT2D eigenvalue weighted by Crippen LogP contribution is -2.17. The number of ether oxygens (including phenoxy) is 1. The quantitative estimate of drug-likeness (QED) is 0.289. The van der Waals surface area contributed by atoms with Gasteiger partial charge in [0.15, 0.2) is 0 Å². The van der Waals surface area contributed by atoms with E-state index in [-0.39, 0.29) is 5.78 Å². The number of carbonyl (C=O) groups excluding carboxylic acids is 1. The molecule has 0 spiro atoms. The minimum Gasteiger partial charge on any atom is -0.497 e. The highest BCUT2D eigenvalue weighted by Gasteiger charge is 2.05. The van der Waals surface area contributed by atoms with Crippen molar-refractivity contribution in [1.82, 2.24) is 4.98 Å². The van der Waals surface area contributed by atoms with Crippen LogP contribution in [0.25, 0.3) is 17.0 Å². The average molecular weight is 386 g/mol. The van der Waals surface area contributed by atoms with Crippen LogP contribution >= 0.6 is 0 Å². The molecule has 29 heavy (non-hydrogen) atoms. The topological polar surface area (TPSA) is 42.4 Å². The van der Waals surface area contributed by atoms with Gasteiger partial charge in [0.05, 0.1) is 12.6 Å². The van der Waals surface area contributed by atoms with Crippen LogP contribution in [0.5, 0.6) is 5.75 Å². The molecule has 1 heterocycles. The number of fused-ring (bicyclic) bond motifs is 1. The van der Waals surface area contributed by atoms with Crippen molar-refractivity contribution in [3.63, 3.8) is 0 Å². The highest BCUT2D eigenvalue weighted by molar-refractivity contribution is 6.04. The molecule has 148 valence electrons. The number of hydrogen-bond donors (Lipinski definition) is 0. The van der Waals surface area contributed by atoms with Gasteiger partial charge in [0.25, 0.3) is 0 Å². The summed E-state index contributed by atoms with van der Waals surface area (Å²) in [6, 6.07) is 17.6. The normalized spacial score (nSPS) is 11.4. The molecular weight excluding hydrogens is 360 g/mol. The van der Waals surface area contributed by atoms with Gasteiger partial charge in [-0.1, -0.05) is 43.4 Å². The minimum absolute atomic E-state index is 0.121. The average Bonchev–Trinajstić information content (AvgIpc) is 2.76. The summed E-state index contributed by atoms with van der Waals surface area (Å²) in [5.41, 5.74) is 3.49. The molecule has 0 aliphatic rings. The number of nitrogens with zero attached hydrogens (tertiary/aromatic N) is 2. The van der Waals surface area contributed by atoms with Gasteiger partial charge in [0.1, 0.15) is 11.4 Å². The Morgan fingerprint density at radius 2 is 1.86 bits per heavy atom. The summed E-state index contributed by atoms with van der Waals surface area (Å²) < 4.78 is 5.22. The van der Waals surface area contributed by atoms with Crippen LogP contribution in [-0.4, -0.2) is 31.5 Å². The van der Waals surface area contributed by atoms with Crippen LogP contribution in [0.15, 0.2) is 72.8 Å². The van der Waals surface area contributed by atoms with Crippen LogP contribution in [0, 0.1) is 0 Å². The molecule has 0 N–H and O–H groups in total. The molecule has 3 aromatic rings. The van der Waals surface area contributed by atoms with Gasteiger partial charge in [-0.25, -0.2) is 4.98 Å². The standard InChI is InChI=1S/C25H26N2O2/c1-4-17-27(2)21-12-9-19(10-13-21)7-5-6-8-25(28)24-15-11-20-18-22(29-3)14-16-23(20)26-24/h5-16,18H,4,17H2,1-3H3/b7-5+,8-6+. The van der Waals surface area contributed by atoms with E-state index in [9.17, 15) is 4.79 Å². The number of aromatic nitrogens is 1. The number of ketones is 1. The zero-order valence-corrected chi connectivity index (χ0v) is 17.1. The third kappa shape index (κ3) is 5.32. The van der Waals surface area contributed by atoms with E-state index in [2.05, 4.69) is 48.1 Å². The van der Waals surface area contributed by atoms with Crippen molar-refractivity contribution in [2.75, 3.05) is 25.6 Å². The first-order valence-electron chi connectivity index (χ1n) is 9.76. The van der Waals surface area contributed by atoms with E-state index in [1.807, 2.05) is 36.4 Å². The lowest BCUT2D eigenvalue weighted by atomic mass is 10.1. The van der Waals surface area contributed by atoms with Gasteiger partial charge in [-0.3, -0.25) is 4.79 Å². The fourth-order valence-electron chi connectivity index (χ4n) is 3.07. The second kappa shape index (κ2) is 9.69. The van der Waals surface area contributed by atoms with E-state index in [0.717, 1.165) is 35.2 Å². The van der Waals surface area contributed by atoms with Crippen LogP contribution in [-0.2, 0) is 0 Å². The first kappa shape index (κ1) is 20.3. The Morgan fingerprint density at radius 3 is 2.59 bits per heavy atom. The number of benzene rings is 2. The van der Waals surface area contributed by atoms with Gasteiger partial charge < -0.3 is 9.64 Å². The summed E-state index contributed by atoms with van der Waals surface area (Å²) in [4.78, 5) is 19.1. The SMILES string of the molecule is CCCN(C)c1ccc(/C=C/C=C/C(=O)c2ccc3cc(OC)ccc3n2)cc1. The van der Waals surface area contributed by atoms with Gasteiger partial charge in [0, 0.05) is 24.7 Å². The number of allylic oxidation sites excluding steroid dienone is 3. The number of methoxy groups -OCH3 is 1. The molecule has 0 unspecified atom stereocenters. The first-order valence-corrected chi connectivity index (χ1v) is 9.76. The lowest BCUT2D eigenvalue weighted by Gasteiger charge is -2.18. The summed E-state index contributed by atoms with van der Waals surface area (Å²) in [6.07, 6.45) is 8.26. The predicted molar refractivity (Wildman–Crippen MR) is 121 cm³/mol. The Labute approximate surface area is 172 Å². The van der Waals surface area contributed by atoms with Crippen LogP contribution in [0.3, 0.4) is 0 Å². The van der Waals surface area contributed by atoms with E-state index in [0.29, 0.717) is 5.69 Å². The van der Waals surface area contributed by atoms with E-state index in [4.69, 9.17) is 4.74 Å². The number of carbonyl (C=O) groups is 1. The molecule has 0 saturated carbocycles. The Morgan fingerprint density at radius 1 is 1.07 bits per heavy atom. The van der Waals surface area contributed by atoms with Crippen molar-refractivity contribution in [2.24, 2.45) is 0 Å². The highest BCUT2D eigenvalue weighted by atomic mass is 16.5. The third-order valence-electron chi connectivity index (χ3n) is 4.69. The van der Waals surface area contributed by atoms with Crippen molar-refractivity contribution in [3.05, 3.63) is 84.1 Å². The van der Waals surface area contributed by atoms with Gasteiger partial charge in [0.2, 0.25) is 5.78 Å². The molecular formula is C25H26N2O2. The fraction of sp³-hybridized carbons (Fsp3) is 0.200. The maximum atomic E-state index is 12.4.